The predicted molar refractivity (Wildman–Crippen MR) is 133 cm³/mol. The van der Waals surface area contributed by atoms with Crippen LogP contribution in [0.5, 0.6) is 0 Å². The lowest BCUT2D eigenvalue weighted by Crippen LogP contribution is -2.44. The number of hydrogen-bond donors (Lipinski definition) is 1. The Hall–Kier alpha value is -2.66. The highest BCUT2D eigenvalue weighted by molar-refractivity contribution is 7.20. The van der Waals surface area contributed by atoms with Gasteiger partial charge in [-0.1, -0.05) is 12.1 Å². The number of rotatable bonds is 6. The van der Waals surface area contributed by atoms with Crippen molar-refractivity contribution >= 4 is 43.9 Å². The van der Waals surface area contributed by atoms with E-state index in [4.69, 9.17) is 4.74 Å². The Morgan fingerprint density at radius 3 is 2.68 bits per heavy atom. The number of hydrogen-bond acceptors (Lipinski definition) is 7. The smallest absolute Gasteiger partial charge is 0.267 e. The first-order valence-corrected chi connectivity index (χ1v) is 12.9. The number of nitrogens with zero attached hydrogens (tertiary/aromatic N) is 4. The first kappa shape index (κ1) is 23.1. The number of ether oxygens (including phenoxy) is 1. The second-order valence-electron chi connectivity index (χ2n) is 8.75. The maximum atomic E-state index is 13.2. The minimum atomic E-state index is -0.264. The molecule has 4 heterocycles. The summed E-state index contributed by atoms with van der Waals surface area (Å²) in [6.07, 6.45) is 0.411. The van der Waals surface area contributed by atoms with E-state index in [0.29, 0.717) is 16.6 Å². The Balaban J connectivity index is 1.27. The molecule has 1 saturated heterocycles. The molecule has 0 aliphatic carbocycles. The molecular formula is C24H26FN5O2S2. The highest BCUT2D eigenvalue weighted by atomic mass is 32.1. The second kappa shape index (κ2) is 9.53. The average Bonchev–Trinajstić information content (AvgIpc) is 3.47. The normalized spacial score (nSPS) is 19.1. The van der Waals surface area contributed by atoms with Gasteiger partial charge in [0, 0.05) is 30.4 Å². The van der Waals surface area contributed by atoms with Crippen LogP contribution in [0.2, 0.25) is 0 Å². The van der Waals surface area contributed by atoms with Crippen molar-refractivity contribution in [1.29, 1.82) is 0 Å². The van der Waals surface area contributed by atoms with E-state index in [1.54, 1.807) is 12.1 Å². The van der Waals surface area contributed by atoms with E-state index in [0.717, 1.165) is 46.8 Å². The average molecular weight is 500 g/mol. The molecule has 4 aromatic rings. The monoisotopic (exact) mass is 499 g/mol. The lowest BCUT2D eigenvalue weighted by Gasteiger charge is -2.34. The molecule has 5 rings (SSSR count). The van der Waals surface area contributed by atoms with Crippen molar-refractivity contribution in [2.24, 2.45) is 0 Å². The van der Waals surface area contributed by atoms with Crippen LogP contribution in [0.15, 0.2) is 35.7 Å². The van der Waals surface area contributed by atoms with E-state index in [1.807, 2.05) is 23.1 Å². The molecule has 1 aromatic carbocycles. The van der Waals surface area contributed by atoms with Gasteiger partial charge in [0.1, 0.15) is 10.6 Å². The van der Waals surface area contributed by atoms with Gasteiger partial charge in [-0.15, -0.1) is 22.7 Å². The molecule has 0 bridgehead atoms. The van der Waals surface area contributed by atoms with E-state index in [1.165, 1.54) is 34.8 Å². The summed E-state index contributed by atoms with van der Waals surface area (Å²) < 4.78 is 20.9. The maximum Gasteiger partial charge on any atom is 0.267 e. The lowest BCUT2D eigenvalue weighted by atomic mass is 10.2. The molecule has 34 heavy (non-hydrogen) atoms. The molecule has 2 atom stereocenters. The van der Waals surface area contributed by atoms with Gasteiger partial charge in [-0.2, -0.15) is 5.10 Å². The quantitative estimate of drug-likeness (QED) is 0.408. The number of nitrogens with one attached hydrogen (secondary N) is 1. The van der Waals surface area contributed by atoms with Crippen LogP contribution < -0.4 is 5.32 Å². The molecule has 3 aromatic heterocycles. The fraction of sp³-hybridized carbons (Fsp3) is 0.375. The molecular weight excluding hydrogens is 473 g/mol. The predicted octanol–water partition coefficient (Wildman–Crippen LogP) is 4.91. The minimum absolute atomic E-state index is 0.177. The number of carbonyl (C=O) groups excluding carboxylic acids is 1. The van der Waals surface area contributed by atoms with Crippen LogP contribution in [0, 0.1) is 12.7 Å². The third-order valence-electron chi connectivity index (χ3n) is 5.73. The van der Waals surface area contributed by atoms with Gasteiger partial charge < -0.3 is 4.74 Å². The van der Waals surface area contributed by atoms with Crippen molar-refractivity contribution in [3.63, 3.8) is 0 Å². The van der Waals surface area contributed by atoms with Crippen LogP contribution in [0.4, 0.5) is 9.52 Å². The molecule has 2 unspecified atom stereocenters. The minimum Gasteiger partial charge on any atom is -0.373 e. The molecule has 178 valence electrons. The van der Waals surface area contributed by atoms with Gasteiger partial charge in [0.05, 0.1) is 35.0 Å². The van der Waals surface area contributed by atoms with Crippen LogP contribution in [-0.4, -0.2) is 50.9 Å². The SMILES string of the molecule is Cc1nn(Cc2ccc(F)cc2)c2sc(C(=O)Nc3nc(CN4CC(C)OC(C)C4)cs3)cc12. The number of carbonyl (C=O) groups is 1. The number of thiophene rings is 1. The number of anilines is 1. The van der Waals surface area contributed by atoms with E-state index < -0.39 is 0 Å². The van der Waals surface area contributed by atoms with Gasteiger partial charge in [0.2, 0.25) is 0 Å². The Kier molecular flexibility index (Phi) is 6.48. The summed E-state index contributed by atoms with van der Waals surface area (Å²) in [6, 6.07) is 8.26. The van der Waals surface area contributed by atoms with Crippen LogP contribution in [-0.2, 0) is 17.8 Å². The largest absolute Gasteiger partial charge is 0.373 e. The molecule has 1 aliphatic rings. The van der Waals surface area contributed by atoms with Crippen LogP contribution in [0.1, 0.15) is 40.5 Å². The first-order chi connectivity index (χ1) is 16.3. The van der Waals surface area contributed by atoms with Crippen molar-refractivity contribution < 1.29 is 13.9 Å². The highest BCUT2D eigenvalue weighted by Crippen LogP contribution is 2.30. The Labute approximate surface area is 205 Å². The standard InChI is InChI=1S/C24H26FN5O2S2/c1-14-9-29(10-15(2)32-14)12-19-13-33-24(26-19)27-22(31)21-8-20-16(3)28-30(23(20)34-21)11-17-4-6-18(25)7-5-17/h4-8,13-15H,9-12H2,1-3H3,(H,26,27,31). The van der Waals surface area contributed by atoms with Gasteiger partial charge >= 0.3 is 0 Å². The maximum absolute atomic E-state index is 13.2. The van der Waals surface area contributed by atoms with Crippen molar-refractivity contribution in [1.82, 2.24) is 19.7 Å². The summed E-state index contributed by atoms with van der Waals surface area (Å²) in [7, 11) is 0. The number of amides is 1. The van der Waals surface area contributed by atoms with Gasteiger partial charge in [-0.05, 0) is 44.5 Å². The van der Waals surface area contributed by atoms with E-state index in [2.05, 4.69) is 34.1 Å². The number of benzene rings is 1. The Morgan fingerprint density at radius 1 is 1.21 bits per heavy atom. The number of aromatic nitrogens is 3. The number of halogens is 1. The highest BCUT2D eigenvalue weighted by Gasteiger charge is 2.23. The molecule has 0 saturated carbocycles. The molecule has 1 fully saturated rings. The number of aryl methyl sites for hydroxylation is 1. The molecule has 1 aliphatic heterocycles. The molecule has 10 heteroatoms. The number of fused-ring (bicyclic) bond motifs is 1. The van der Waals surface area contributed by atoms with E-state index >= 15 is 0 Å². The summed E-state index contributed by atoms with van der Waals surface area (Å²) in [5.74, 6) is -0.441. The second-order valence-corrected chi connectivity index (χ2v) is 10.6. The van der Waals surface area contributed by atoms with Gasteiger partial charge in [0.25, 0.3) is 5.91 Å². The molecule has 7 nitrogen and oxygen atoms in total. The van der Waals surface area contributed by atoms with Crippen molar-refractivity contribution in [2.45, 2.75) is 46.1 Å². The lowest BCUT2D eigenvalue weighted by molar-refractivity contribution is -0.0707. The summed E-state index contributed by atoms with van der Waals surface area (Å²) >= 11 is 2.84. The van der Waals surface area contributed by atoms with Gasteiger partial charge in [-0.25, -0.2) is 9.37 Å². The Morgan fingerprint density at radius 2 is 1.94 bits per heavy atom. The summed E-state index contributed by atoms with van der Waals surface area (Å²) in [5, 5.41) is 11.1. The third kappa shape index (κ3) is 5.05. The zero-order valence-corrected chi connectivity index (χ0v) is 20.9. The Bertz CT molecular complexity index is 1300. The van der Waals surface area contributed by atoms with Crippen LogP contribution in [0.3, 0.4) is 0 Å². The van der Waals surface area contributed by atoms with E-state index in [-0.39, 0.29) is 23.9 Å². The van der Waals surface area contributed by atoms with Crippen molar-refractivity contribution in [3.8, 4) is 0 Å². The summed E-state index contributed by atoms with van der Waals surface area (Å²) in [4.78, 5) is 21.4. The van der Waals surface area contributed by atoms with Crippen LogP contribution in [0.25, 0.3) is 10.2 Å². The van der Waals surface area contributed by atoms with Gasteiger partial charge in [0.15, 0.2) is 5.13 Å². The number of thiazole rings is 1. The van der Waals surface area contributed by atoms with Gasteiger partial charge in [-0.3, -0.25) is 19.7 Å². The molecule has 0 radical (unpaired) electrons. The topological polar surface area (TPSA) is 72.3 Å². The van der Waals surface area contributed by atoms with Crippen molar-refractivity contribution in [3.05, 3.63) is 63.4 Å². The summed E-state index contributed by atoms with van der Waals surface area (Å²) in [5.41, 5.74) is 2.76. The zero-order chi connectivity index (χ0) is 23.8. The van der Waals surface area contributed by atoms with E-state index in [9.17, 15) is 9.18 Å². The molecule has 1 amide bonds. The molecule has 0 spiro atoms. The van der Waals surface area contributed by atoms with Crippen molar-refractivity contribution in [2.75, 3.05) is 18.4 Å². The zero-order valence-electron chi connectivity index (χ0n) is 19.2. The fourth-order valence-corrected chi connectivity index (χ4v) is 6.09. The third-order valence-corrected chi connectivity index (χ3v) is 7.68. The fourth-order valence-electron chi connectivity index (χ4n) is 4.33. The molecule has 1 N–H and O–H groups in total. The summed E-state index contributed by atoms with van der Waals surface area (Å²) in [6.45, 7) is 9.10. The number of morpholine rings is 1. The van der Waals surface area contributed by atoms with Crippen LogP contribution >= 0.6 is 22.7 Å². The first-order valence-electron chi connectivity index (χ1n) is 11.2.